The molecule has 1 saturated carbocycles. The van der Waals surface area contributed by atoms with Crippen LogP contribution < -0.4 is 0 Å². The molecule has 1 fully saturated rings. The van der Waals surface area contributed by atoms with E-state index in [-0.39, 0.29) is 0 Å². The highest BCUT2D eigenvalue weighted by molar-refractivity contribution is 5.12. The minimum absolute atomic E-state index is 0.416. The molecule has 0 radical (unpaired) electrons. The second kappa shape index (κ2) is 2.54. The molecule has 0 amide bonds. The number of hydrogen-bond acceptors (Lipinski definition) is 2. The van der Waals surface area contributed by atoms with Crippen LogP contribution in [-0.4, -0.2) is 15.0 Å². The van der Waals surface area contributed by atoms with Gasteiger partial charge in [-0.05, 0) is 26.7 Å². The van der Waals surface area contributed by atoms with Gasteiger partial charge in [0.25, 0.3) is 0 Å². The Bertz CT molecular complexity index is 288. The van der Waals surface area contributed by atoms with Crippen LogP contribution in [0.3, 0.4) is 0 Å². The number of aryl methyl sites for hydroxylation is 1. The van der Waals surface area contributed by atoms with Gasteiger partial charge in [-0.15, -0.1) is 5.10 Å². The van der Waals surface area contributed by atoms with Crippen LogP contribution in [0, 0.1) is 6.92 Å². The van der Waals surface area contributed by atoms with Crippen molar-refractivity contribution in [3.8, 4) is 0 Å². The quantitative estimate of drug-likeness (QED) is 0.677. The second-order valence-electron chi connectivity index (χ2n) is 3.35. The zero-order chi connectivity index (χ0) is 8.72. The molecule has 1 aliphatic carbocycles. The first kappa shape index (κ1) is 7.71. The molecule has 1 aromatic heterocycles. The molecule has 1 aromatic rings. The average molecular weight is 169 g/mol. The van der Waals surface area contributed by atoms with Gasteiger partial charge in [0, 0.05) is 0 Å². The summed E-state index contributed by atoms with van der Waals surface area (Å²) < 4.78 is 14.8. The molecule has 0 aliphatic heterocycles. The van der Waals surface area contributed by atoms with Crippen molar-refractivity contribution in [1.82, 2.24) is 15.0 Å². The molecule has 3 nitrogen and oxygen atoms in total. The topological polar surface area (TPSA) is 30.7 Å². The summed E-state index contributed by atoms with van der Waals surface area (Å²) in [6.45, 7) is 3.34. The maximum atomic E-state index is 13.1. The minimum Gasteiger partial charge on any atom is -0.243 e. The van der Waals surface area contributed by atoms with Gasteiger partial charge in [0.1, 0.15) is 6.17 Å². The molecular weight excluding hydrogens is 157 g/mol. The molecule has 1 heterocycles. The normalized spacial score (nSPS) is 19.6. The van der Waals surface area contributed by atoms with E-state index >= 15 is 0 Å². The third-order valence-corrected chi connectivity index (χ3v) is 2.18. The van der Waals surface area contributed by atoms with Crippen LogP contribution in [0.5, 0.6) is 0 Å². The fourth-order valence-electron chi connectivity index (χ4n) is 1.44. The van der Waals surface area contributed by atoms with Gasteiger partial charge in [-0.3, -0.25) is 0 Å². The van der Waals surface area contributed by atoms with Crippen LogP contribution in [-0.2, 0) is 0 Å². The van der Waals surface area contributed by atoms with Crippen molar-refractivity contribution in [1.29, 1.82) is 0 Å². The fraction of sp³-hybridized carbons (Fsp3) is 0.750. The summed E-state index contributed by atoms with van der Waals surface area (Å²) >= 11 is 0. The Kier molecular flexibility index (Phi) is 1.63. The van der Waals surface area contributed by atoms with Crippen molar-refractivity contribution >= 4 is 0 Å². The molecule has 12 heavy (non-hydrogen) atoms. The van der Waals surface area contributed by atoms with E-state index in [0.29, 0.717) is 11.7 Å². The summed E-state index contributed by atoms with van der Waals surface area (Å²) in [5, 5.41) is 7.80. The Morgan fingerprint density at radius 1 is 1.58 bits per heavy atom. The number of aromatic nitrogens is 3. The largest absolute Gasteiger partial charge is 0.243 e. The van der Waals surface area contributed by atoms with Gasteiger partial charge in [-0.25, -0.2) is 9.07 Å². The van der Waals surface area contributed by atoms with Gasteiger partial charge < -0.3 is 0 Å². The van der Waals surface area contributed by atoms with Crippen molar-refractivity contribution < 1.29 is 4.39 Å². The zero-order valence-electron chi connectivity index (χ0n) is 7.29. The Labute approximate surface area is 70.6 Å². The van der Waals surface area contributed by atoms with Gasteiger partial charge >= 0.3 is 0 Å². The molecule has 1 aliphatic rings. The maximum absolute atomic E-state index is 13.1. The molecule has 66 valence electrons. The van der Waals surface area contributed by atoms with Crippen molar-refractivity contribution in [2.45, 2.75) is 38.9 Å². The number of halogens is 1. The Hall–Kier alpha value is -0.930. The standard InChI is InChI=1S/C8H12FN3/c1-5(9)8-6(2)10-11-12(8)7-3-4-7/h5,7H,3-4H2,1-2H3. The molecule has 0 spiro atoms. The predicted molar refractivity (Wildman–Crippen MR) is 42.6 cm³/mol. The lowest BCUT2D eigenvalue weighted by atomic mass is 10.2. The first-order valence-electron chi connectivity index (χ1n) is 4.26. The van der Waals surface area contributed by atoms with E-state index in [1.54, 1.807) is 11.6 Å². The van der Waals surface area contributed by atoms with Crippen LogP contribution in [0.2, 0.25) is 0 Å². The molecule has 0 N–H and O–H groups in total. The highest BCUT2D eigenvalue weighted by Gasteiger charge is 2.29. The van der Waals surface area contributed by atoms with Crippen LogP contribution >= 0.6 is 0 Å². The second-order valence-corrected chi connectivity index (χ2v) is 3.35. The first-order valence-corrected chi connectivity index (χ1v) is 4.26. The number of alkyl halides is 1. The summed E-state index contributed by atoms with van der Waals surface area (Å²) in [5.74, 6) is 0. The highest BCUT2D eigenvalue weighted by atomic mass is 19.1. The van der Waals surface area contributed by atoms with E-state index in [1.807, 2.05) is 0 Å². The summed E-state index contributed by atoms with van der Waals surface area (Å²) in [5.41, 5.74) is 1.37. The molecule has 2 rings (SSSR count). The third-order valence-electron chi connectivity index (χ3n) is 2.18. The van der Waals surface area contributed by atoms with Crippen LogP contribution in [0.4, 0.5) is 4.39 Å². The van der Waals surface area contributed by atoms with Gasteiger partial charge in [-0.2, -0.15) is 0 Å². The van der Waals surface area contributed by atoms with Crippen LogP contribution in [0.15, 0.2) is 0 Å². The average Bonchev–Trinajstić information content (AvgIpc) is 2.75. The van der Waals surface area contributed by atoms with Crippen molar-refractivity contribution in [3.63, 3.8) is 0 Å². The first-order chi connectivity index (χ1) is 5.70. The molecule has 4 heteroatoms. The number of nitrogens with zero attached hydrogens (tertiary/aromatic N) is 3. The molecule has 0 aromatic carbocycles. The van der Waals surface area contributed by atoms with Gasteiger partial charge in [-0.1, -0.05) is 5.21 Å². The van der Waals surface area contributed by atoms with E-state index in [2.05, 4.69) is 10.3 Å². The van der Waals surface area contributed by atoms with Gasteiger partial charge in [0.2, 0.25) is 0 Å². The van der Waals surface area contributed by atoms with E-state index in [1.165, 1.54) is 6.92 Å². The van der Waals surface area contributed by atoms with E-state index in [4.69, 9.17) is 0 Å². The van der Waals surface area contributed by atoms with Crippen molar-refractivity contribution in [2.75, 3.05) is 0 Å². The van der Waals surface area contributed by atoms with E-state index in [0.717, 1.165) is 18.5 Å². The van der Waals surface area contributed by atoms with E-state index < -0.39 is 6.17 Å². The lowest BCUT2D eigenvalue weighted by Crippen LogP contribution is -2.04. The lowest BCUT2D eigenvalue weighted by Gasteiger charge is -2.05. The third kappa shape index (κ3) is 1.11. The van der Waals surface area contributed by atoms with Crippen molar-refractivity contribution in [3.05, 3.63) is 11.4 Å². The van der Waals surface area contributed by atoms with Gasteiger partial charge in [0.05, 0.1) is 17.4 Å². The van der Waals surface area contributed by atoms with Crippen molar-refractivity contribution in [2.24, 2.45) is 0 Å². The summed E-state index contributed by atoms with van der Waals surface area (Å²) in [4.78, 5) is 0. The lowest BCUT2D eigenvalue weighted by molar-refractivity contribution is 0.345. The predicted octanol–water partition coefficient (Wildman–Crippen LogP) is 1.95. The summed E-state index contributed by atoms with van der Waals surface area (Å²) in [7, 11) is 0. The zero-order valence-corrected chi connectivity index (χ0v) is 7.29. The number of hydrogen-bond donors (Lipinski definition) is 0. The molecule has 0 bridgehead atoms. The molecular formula is C8H12FN3. The Balaban J connectivity index is 2.39. The fourth-order valence-corrected chi connectivity index (χ4v) is 1.44. The SMILES string of the molecule is Cc1nnn(C2CC2)c1C(C)F. The highest BCUT2D eigenvalue weighted by Crippen LogP contribution is 2.37. The Morgan fingerprint density at radius 2 is 2.25 bits per heavy atom. The summed E-state index contributed by atoms with van der Waals surface area (Å²) in [6, 6.07) is 0.416. The van der Waals surface area contributed by atoms with Gasteiger partial charge in [0.15, 0.2) is 0 Å². The number of rotatable bonds is 2. The molecule has 0 saturated heterocycles. The monoisotopic (exact) mass is 169 g/mol. The van der Waals surface area contributed by atoms with Crippen LogP contribution in [0.1, 0.15) is 43.4 Å². The molecule has 1 unspecified atom stereocenters. The van der Waals surface area contributed by atoms with Crippen LogP contribution in [0.25, 0.3) is 0 Å². The Morgan fingerprint density at radius 3 is 2.75 bits per heavy atom. The molecule has 1 atom stereocenters. The maximum Gasteiger partial charge on any atom is 0.141 e. The minimum atomic E-state index is -0.958. The smallest absolute Gasteiger partial charge is 0.141 e. The van der Waals surface area contributed by atoms with E-state index in [9.17, 15) is 4.39 Å². The summed E-state index contributed by atoms with van der Waals surface area (Å²) in [6.07, 6.45) is 1.27.